The molecular formula is C14H14BrFN2O. The van der Waals surface area contributed by atoms with Gasteiger partial charge in [0.2, 0.25) is 0 Å². The predicted octanol–water partition coefficient (Wildman–Crippen LogP) is 3.79. The topological polar surface area (TPSA) is 47.3 Å². The summed E-state index contributed by atoms with van der Waals surface area (Å²) in [6.45, 7) is 0.552. The normalized spacial score (nSPS) is 10.3. The summed E-state index contributed by atoms with van der Waals surface area (Å²) < 4.78 is 19.2. The van der Waals surface area contributed by atoms with E-state index in [1.807, 2.05) is 18.2 Å². The molecule has 0 radical (unpaired) electrons. The van der Waals surface area contributed by atoms with Crippen LogP contribution in [-0.2, 0) is 6.54 Å². The number of nitrogens with two attached hydrogens (primary N) is 1. The lowest BCUT2D eigenvalue weighted by atomic mass is 10.2. The highest BCUT2D eigenvalue weighted by molar-refractivity contribution is 9.10. The van der Waals surface area contributed by atoms with Gasteiger partial charge in [0.05, 0.1) is 23.0 Å². The quantitative estimate of drug-likeness (QED) is 0.841. The van der Waals surface area contributed by atoms with Crippen molar-refractivity contribution in [2.45, 2.75) is 6.54 Å². The number of hydrogen-bond donors (Lipinski definition) is 2. The second kappa shape index (κ2) is 5.93. The van der Waals surface area contributed by atoms with E-state index in [4.69, 9.17) is 10.5 Å². The van der Waals surface area contributed by atoms with Crippen molar-refractivity contribution in [1.82, 2.24) is 0 Å². The number of benzene rings is 2. The van der Waals surface area contributed by atoms with Crippen molar-refractivity contribution in [3.8, 4) is 5.75 Å². The van der Waals surface area contributed by atoms with Crippen LogP contribution in [0.5, 0.6) is 5.75 Å². The molecule has 0 aliphatic carbocycles. The number of rotatable bonds is 4. The van der Waals surface area contributed by atoms with Crippen LogP contribution in [0.4, 0.5) is 15.8 Å². The van der Waals surface area contributed by atoms with Gasteiger partial charge in [-0.25, -0.2) is 4.39 Å². The molecule has 2 aromatic rings. The van der Waals surface area contributed by atoms with Crippen LogP contribution in [0.3, 0.4) is 0 Å². The predicted molar refractivity (Wildman–Crippen MR) is 78.8 cm³/mol. The summed E-state index contributed by atoms with van der Waals surface area (Å²) >= 11 is 3.42. The molecule has 0 unspecified atom stereocenters. The van der Waals surface area contributed by atoms with Crippen molar-refractivity contribution in [3.05, 3.63) is 52.3 Å². The zero-order chi connectivity index (χ0) is 13.8. The van der Waals surface area contributed by atoms with Gasteiger partial charge in [-0.3, -0.25) is 0 Å². The lowest BCUT2D eigenvalue weighted by molar-refractivity contribution is 0.412. The minimum Gasteiger partial charge on any atom is -0.496 e. The minimum absolute atomic E-state index is 0.312. The van der Waals surface area contributed by atoms with Gasteiger partial charge in [-0.2, -0.15) is 0 Å². The van der Waals surface area contributed by atoms with E-state index in [2.05, 4.69) is 21.2 Å². The number of halogens is 2. The van der Waals surface area contributed by atoms with Gasteiger partial charge in [0.15, 0.2) is 0 Å². The third-order valence-electron chi connectivity index (χ3n) is 2.71. The maximum atomic E-state index is 13.1. The molecular weight excluding hydrogens is 311 g/mol. The van der Waals surface area contributed by atoms with Crippen LogP contribution in [-0.4, -0.2) is 7.11 Å². The van der Waals surface area contributed by atoms with Crippen LogP contribution in [0.2, 0.25) is 0 Å². The molecule has 0 aliphatic rings. The van der Waals surface area contributed by atoms with E-state index in [1.54, 1.807) is 13.2 Å². The largest absolute Gasteiger partial charge is 0.496 e. The Morgan fingerprint density at radius 3 is 2.74 bits per heavy atom. The summed E-state index contributed by atoms with van der Waals surface area (Å²) in [6, 6.07) is 10.0. The van der Waals surface area contributed by atoms with Crippen molar-refractivity contribution >= 4 is 27.3 Å². The van der Waals surface area contributed by atoms with Gasteiger partial charge in [-0.15, -0.1) is 0 Å². The van der Waals surface area contributed by atoms with Crippen LogP contribution in [0, 0.1) is 5.82 Å². The highest BCUT2D eigenvalue weighted by atomic mass is 79.9. The zero-order valence-electron chi connectivity index (χ0n) is 10.4. The first-order chi connectivity index (χ1) is 9.10. The van der Waals surface area contributed by atoms with Crippen LogP contribution >= 0.6 is 15.9 Å². The van der Waals surface area contributed by atoms with E-state index in [0.717, 1.165) is 15.8 Å². The summed E-state index contributed by atoms with van der Waals surface area (Å²) in [5, 5.41) is 3.11. The Balaban J connectivity index is 2.10. The SMILES string of the molecule is COc1ccc(CNc2cc(F)ccc2N)cc1Br. The monoisotopic (exact) mass is 324 g/mol. The lowest BCUT2D eigenvalue weighted by Gasteiger charge is -2.11. The van der Waals surface area contributed by atoms with Crippen LogP contribution in [0.15, 0.2) is 40.9 Å². The third-order valence-corrected chi connectivity index (χ3v) is 3.33. The van der Waals surface area contributed by atoms with E-state index in [9.17, 15) is 4.39 Å². The second-order valence-corrected chi connectivity index (χ2v) is 4.91. The zero-order valence-corrected chi connectivity index (χ0v) is 12.0. The van der Waals surface area contributed by atoms with Crippen LogP contribution in [0.1, 0.15) is 5.56 Å². The number of methoxy groups -OCH3 is 1. The molecule has 0 atom stereocenters. The van der Waals surface area contributed by atoms with Gasteiger partial charge in [-0.1, -0.05) is 6.07 Å². The Morgan fingerprint density at radius 2 is 2.05 bits per heavy atom. The van der Waals surface area contributed by atoms with Gasteiger partial charge in [0, 0.05) is 6.54 Å². The molecule has 19 heavy (non-hydrogen) atoms. The van der Waals surface area contributed by atoms with Crippen LogP contribution < -0.4 is 15.8 Å². The Kier molecular flexibility index (Phi) is 4.27. The van der Waals surface area contributed by atoms with Crippen molar-refractivity contribution in [3.63, 3.8) is 0 Å². The van der Waals surface area contributed by atoms with Crippen molar-refractivity contribution in [1.29, 1.82) is 0 Å². The molecule has 3 nitrogen and oxygen atoms in total. The van der Waals surface area contributed by atoms with Gasteiger partial charge in [-0.05, 0) is 51.8 Å². The summed E-state index contributed by atoms with van der Waals surface area (Å²) in [5.41, 5.74) is 7.92. The van der Waals surface area contributed by atoms with Crippen molar-refractivity contribution in [2.75, 3.05) is 18.2 Å². The van der Waals surface area contributed by atoms with Crippen molar-refractivity contribution in [2.24, 2.45) is 0 Å². The fourth-order valence-electron chi connectivity index (χ4n) is 1.70. The molecule has 0 amide bonds. The number of nitrogens with one attached hydrogen (secondary N) is 1. The molecule has 2 aromatic carbocycles. The van der Waals surface area contributed by atoms with E-state index < -0.39 is 0 Å². The Bertz CT molecular complexity index is 590. The molecule has 3 N–H and O–H groups in total. The minimum atomic E-state index is -0.312. The van der Waals surface area contributed by atoms with E-state index in [1.165, 1.54) is 12.1 Å². The molecule has 0 aliphatic heterocycles. The number of hydrogen-bond acceptors (Lipinski definition) is 3. The molecule has 0 bridgehead atoms. The number of anilines is 2. The Labute approximate surface area is 119 Å². The second-order valence-electron chi connectivity index (χ2n) is 4.05. The fraction of sp³-hybridized carbons (Fsp3) is 0.143. The van der Waals surface area contributed by atoms with Gasteiger partial charge >= 0.3 is 0 Å². The summed E-state index contributed by atoms with van der Waals surface area (Å²) in [7, 11) is 1.62. The van der Waals surface area contributed by atoms with Crippen LogP contribution in [0.25, 0.3) is 0 Å². The first kappa shape index (κ1) is 13.7. The van der Waals surface area contributed by atoms with Crippen molar-refractivity contribution < 1.29 is 9.13 Å². The molecule has 0 heterocycles. The lowest BCUT2D eigenvalue weighted by Crippen LogP contribution is -2.03. The number of ether oxygens (including phenoxy) is 1. The molecule has 0 spiro atoms. The maximum absolute atomic E-state index is 13.1. The smallest absolute Gasteiger partial charge is 0.133 e. The summed E-state index contributed by atoms with van der Waals surface area (Å²) in [5.74, 6) is 0.460. The fourth-order valence-corrected chi connectivity index (χ4v) is 2.29. The van der Waals surface area contributed by atoms with Gasteiger partial charge < -0.3 is 15.8 Å². The Hall–Kier alpha value is -1.75. The Morgan fingerprint density at radius 1 is 1.26 bits per heavy atom. The summed E-state index contributed by atoms with van der Waals surface area (Å²) in [6.07, 6.45) is 0. The summed E-state index contributed by atoms with van der Waals surface area (Å²) in [4.78, 5) is 0. The first-order valence-corrected chi connectivity index (χ1v) is 6.51. The van der Waals surface area contributed by atoms with E-state index >= 15 is 0 Å². The highest BCUT2D eigenvalue weighted by Gasteiger charge is 2.03. The van der Waals surface area contributed by atoms with Gasteiger partial charge in [0.1, 0.15) is 11.6 Å². The molecule has 2 rings (SSSR count). The standard InChI is InChI=1S/C14H14BrFN2O/c1-19-14-5-2-9(6-11(14)15)8-18-13-7-10(16)3-4-12(13)17/h2-7,18H,8,17H2,1H3. The van der Waals surface area contributed by atoms with Gasteiger partial charge in [0.25, 0.3) is 0 Å². The molecule has 0 fully saturated rings. The average Bonchev–Trinajstić information content (AvgIpc) is 2.40. The van der Waals surface area contributed by atoms with E-state index in [-0.39, 0.29) is 5.82 Å². The maximum Gasteiger partial charge on any atom is 0.133 e. The third kappa shape index (κ3) is 3.38. The molecule has 0 aromatic heterocycles. The number of nitrogen functional groups attached to an aromatic ring is 1. The average molecular weight is 325 g/mol. The molecule has 100 valence electrons. The molecule has 5 heteroatoms. The first-order valence-electron chi connectivity index (χ1n) is 5.71. The molecule has 0 saturated heterocycles. The van der Waals surface area contributed by atoms with E-state index in [0.29, 0.717) is 17.9 Å². The highest BCUT2D eigenvalue weighted by Crippen LogP contribution is 2.26. The molecule has 0 saturated carbocycles.